The molecule has 2 rings (SSSR count). The Kier molecular flexibility index (Phi) is 8.90. The number of anilines is 3. The Balaban J connectivity index is 2.31. The van der Waals surface area contributed by atoms with Gasteiger partial charge in [-0.3, -0.25) is 5.32 Å². The maximum absolute atomic E-state index is 13.3. The largest absolute Gasteiger partial charge is 0.450 e. The van der Waals surface area contributed by atoms with Crippen LogP contribution < -0.4 is 15.5 Å². The van der Waals surface area contributed by atoms with E-state index in [9.17, 15) is 9.18 Å². The first-order valence-electron chi connectivity index (χ1n) is 9.67. The lowest BCUT2D eigenvalue weighted by molar-refractivity contribution is 0.168. The first kappa shape index (κ1) is 23.0. The van der Waals surface area contributed by atoms with E-state index in [1.165, 1.54) is 12.1 Å². The first-order valence-corrected chi connectivity index (χ1v) is 9.67. The molecule has 0 radical (unpaired) electrons. The third-order valence-corrected chi connectivity index (χ3v) is 4.29. The van der Waals surface area contributed by atoms with Crippen LogP contribution in [0.4, 0.5) is 26.2 Å². The quantitative estimate of drug-likeness (QED) is 0.499. The molecule has 0 saturated heterocycles. The van der Waals surface area contributed by atoms with Crippen molar-refractivity contribution in [3.63, 3.8) is 0 Å². The number of ether oxygens (including phenoxy) is 1. The number of rotatable bonds is 10. The van der Waals surface area contributed by atoms with Gasteiger partial charge in [0.05, 0.1) is 24.6 Å². The summed E-state index contributed by atoms with van der Waals surface area (Å²) in [6.07, 6.45) is 2.88. The highest BCUT2D eigenvalue weighted by atomic mass is 19.1. The van der Waals surface area contributed by atoms with E-state index in [4.69, 9.17) is 9.84 Å². The fourth-order valence-corrected chi connectivity index (χ4v) is 2.89. The zero-order valence-corrected chi connectivity index (χ0v) is 17.3. The molecular formula is C23H28FN3O3. The van der Waals surface area contributed by atoms with E-state index < -0.39 is 6.09 Å². The molecule has 1 amide bonds. The Labute approximate surface area is 176 Å². The van der Waals surface area contributed by atoms with E-state index in [0.29, 0.717) is 18.8 Å². The smallest absolute Gasteiger partial charge is 0.411 e. The van der Waals surface area contributed by atoms with Gasteiger partial charge in [-0.1, -0.05) is 30.9 Å². The zero-order valence-electron chi connectivity index (χ0n) is 17.3. The molecule has 0 saturated carbocycles. The van der Waals surface area contributed by atoms with Crippen LogP contribution in [-0.2, 0) is 11.3 Å². The fraction of sp³-hybridized carbons (Fsp3) is 0.261. The molecule has 30 heavy (non-hydrogen) atoms. The van der Waals surface area contributed by atoms with E-state index >= 15 is 0 Å². The van der Waals surface area contributed by atoms with E-state index in [0.717, 1.165) is 22.5 Å². The zero-order chi connectivity index (χ0) is 21.9. The van der Waals surface area contributed by atoms with Gasteiger partial charge in [0.2, 0.25) is 0 Å². The summed E-state index contributed by atoms with van der Waals surface area (Å²) >= 11 is 0. The van der Waals surface area contributed by atoms with E-state index in [-0.39, 0.29) is 19.0 Å². The van der Waals surface area contributed by atoms with Gasteiger partial charge < -0.3 is 20.1 Å². The molecule has 0 unspecified atom stereocenters. The topological polar surface area (TPSA) is 73.8 Å². The van der Waals surface area contributed by atoms with Crippen LogP contribution in [0.5, 0.6) is 0 Å². The molecule has 6 nitrogen and oxygen atoms in total. The monoisotopic (exact) mass is 413 g/mol. The van der Waals surface area contributed by atoms with Crippen molar-refractivity contribution in [2.24, 2.45) is 0 Å². The number of aliphatic hydroxyl groups is 1. The molecule has 0 bridgehead atoms. The average Bonchev–Trinajstić information content (AvgIpc) is 2.73. The maximum atomic E-state index is 13.3. The molecule has 0 atom stereocenters. The Hall–Kier alpha value is -3.32. The number of amides is 1. The summed E-state index contributed by atoms with van der Waals surface area (Å²) < 4.78 is 18.2. The van der Waals surface area contributed by atoms with Gasteiger partial charge in [0.15, 0.2) is 0 Å². The third kappa shape index (κ3) is 6.93. The Morgan fingerprint density at radius 2 is 1.97 bits per heavy atom. The van der Waals surface area contributed by atoms with Crippen LogP contribution in [0.3, 0.4) is 0 Å². The molecule has 0 heterocycles. The minimum Gasteiger partial charge on any atom is -0.450 e. The fourth-order valence-electron chi connectivity index (χ4n) is 2.89. The first-order chi connectivity index (χ1) is 14.5. The molecule has 0 aliphatic carbocycles. The van der Waals surface area contributed by atoms with Gasteiger partial charge in [-0.05, 0) is 48.4 Å². The second-order valence-corrected chi connectivity index (χ2v) is 6.55. The predicted molar refractivity (Wildman–Crippen MR) is 119 cm³/mol. The number of hydrogen-bond acceptors (Lipinski definition) is 5. The molecule has 0 aliphatic rings. The number of carbonyl (C=O) groups is 1. The molecule has 0 aromatic heterocycles. The summed E-state index contributed by atoms with van der Waals surface area (Å²) in [5.74, 6) is -0.285. The molecule has 7 heteroatoms. The van der Waals surface area contributed by atoms with Crippen molar-refractivity contribution in [1.82, 2.24) is 0 Å². The van der Waals surface area contributed by atoms with Crippen LogP contribution in [0, 0.1) is 5.82 Å². The molecule has 0 fully saturated rings. The molecule has 0 aliphatic heterocycles. The van der Waals surface area contributed by atoms with Crippen LogP contribution in [0.25, 0.3) is 0 Å². The molecule has 3 N–H and O–H groups in total. The van der Waals surface area contributed by atoms with E-state index in [2.05, 4.69) is 22.1 Å². The number of hydrogen-bond donors (Lipinski definition) is 3. The van der Waals surface area contributed by atoms with Gasteiger partial charge in [0, 0.05) is 25.8 Å². The SMILES string of the molecule is C=C(/C=C/CO)CN(Cc1ccc(F)cc1)c1ccc(NC(=O)OCC)c(NC)c1. The second kappa shape index (κ2) is 11.6. The maximum Gasteiger partial charge on any atom is 0.411 e. The highest BCUT2D eigenvalue weighted by Crippen LogP contribution is 2.29. The van der Waals surface area contributed by atoms with Crippen molar-refractivity contribution in [2.75, 3.05) is 42.3 Å². The molecule has 0 spiro atoms. The Morgan fingerprint density at radius 1 is 1.23 bits per heavy atom. The predicted octanol–water partition coefficient (Wildman–Crippen LogP) is 4.55. The van der Waals surface area contributed by atoms with Crippen LogP contribution in [0.1, 0.15) is 12.5 Å². The van der Waals surface area contributed by atoms with Crippen LogP contribution in [0.2, 0.25) is 0 Å². The van der Waals surface area contributed by atoms with E-state index in [1.807, 2.05) is 12.1 Å². The van der Waals surface area contributed by atoms with Crippen molar-refractivity contribution in [2.45, 2.75) is 13.5 Å². The van der Waals surface area contributed by atoms with Crippen LogP contribution in [-0.4, -0.2) is 38.0 Å². The Morgan fingerprint density at radius 3 is 2.60 bits per heavy atom. The van der Waals surface area contributed by atoms with Crippen LogP contribution >= 0.6 is 0 Å². The Bertz CT molecular complexity index is 882. The number of nitrogens with one attached hydrogen (secondary N) is 2. The average molecular weight is 413 g/mol. The van der Waals surface area contributed by atoms with Crippen molar-refractivity contribution >= 4 is 23.2 Å². The van der Waals surface area contributed by atoms with Gasteiger partial charge in [-0.2, -0.15) is 0 Å². The van der Waals surface area contributed by atoms with Crippen molar-refractivity contribution in [1.29, 1.82) is 0 Å². The highest BCUT2D eigenvalue weighted by Gasteiger charge is 2.13. The summed E-state index contributed by atoms with van der Waals surface area (Å²) in [6, 6.07) is 11.9. The summed E-state index contributed by atoms with van der Waals surface area (Å²) in [7, 11) is 1.77. The minimum absolute atomic E-state index is 0.0604. The third-order valence-electron chi connectivity index (χ3n) is 4.29. The van der Waals surface area contributed by atoms with E-state index in [1.54, 1.807) is 44.3 Å². The van der Waals surface area contributed by atoms with Crippen molar-refractivity contribution in [3.8, 4) is 0 Å². The van der Waals surface area contributed by atoms with Crippen LogP contribution in [0.15, 0.2) is 66.8 Å². The summed E-state index contributed by atoms with van der Waals surface area (Å²) in [6.45, 7) is 7.04. The van der Waals surface area contributed by atoms with Gasteiger partial charge in [-0.15, -0.1) is 0 Å². The highest BCUT2D eigenvalue weighted by molar-refractivity contribution is 5.90. The standard InChI is InChI=1S/C23H28FN3O3/c1-4-30-23(29)26-21-12-11-20(14-22(21)25-3)27(15-17(2)6-5-13-28)16-18-7-9-19(24)10-8-18/h5-12,14,25,28H,2,4,13,15-16H2,1,3H3,(H,26,29)/b6-5+. The van der Waals surface area contributed by atoms with Gasteiger partial charge >= 0.3 is 6.09 Å². The minimum atomic E-state index is -0.521. The van der Waals surface area contributed by atoms with Gasteiger partial charge in [0.25, 0.3) is 0 Å². The number of aliphatic hydroxyl groups excluding tert-OH is 1. The lowest BCUT2D eigenvalue weighted by Gasteiger charge is -2.26. The lowest BCUT2D eigenvalue weighted by Crippen LogP contribution is -2.25. The van der Waals surface area contributed by atoms with Gasteiger partial charge in [0.1, 0.15) is 5.82 Å². The number of nitrogens with zero attached hydrogens (tertiary/aromatic N) is 1. The second-order valence-electron chi connectivity index (χ2n) is 6.55. The molecule has 160 valence electrons. The lowest BCUT2D eigenvalue weighted by atomic mass is 10.1. The normalized spacial score (nSPS) is 10.7. The summed E-state index contributed by atoms with van der Waals surface area (Å²) in [5, 5.41) is 14.8. The molecule has 2 aromatic carbocycles. The van der Waals surface area contributed by atoms with Gasteiger partial charge in [-0.25, -0.2) is 9.18 Å². The number of carbonyl (C=O) groups excluding carboxylic acids is 1. The summed E-state index contributed by atoms with van der Waals surface area (Å²) in [4.78, 5) is 13.8. The number of benzene rings is 2. The van der Waals surface area contributed by atoms with Crippen molar-refractivity contribution < 1.29 is 19.0 Å². The molecular weight excluding hydrogens is 385 g/mol. The van der Waals surface area contributed by atoms with Crippen molar-refractivity contribution in [3.05, 3.63) is 78.1 Å². The summed E-state index contributed by atoms with van der Waals surface area (Å²) in [5.41, 5.74) is 3.96. The number of halogens is 1. The molecule has 2 aromatic rings.